The van der Waals surface area contributed by atoms with Crippen LogP contribution in [0.4, 0.5) is 0 Å². The Labute approximate surface area is 161 Å². The minimum absolute atomic E-state index is 0. The summed E-state index contributed by atoms with van der Waals surface area (Å²) in [6, 6.07) is 8.90. The monoisotopic (exact) mass is 374 g/mol. The number of aryl methyl sites for hydroxylation is 1. The summed E-state index contributed by atoms with van der Waals surface area (Å²) < 4.78 is 1.98. The molecule has 5 nitrogen and oxygen atoms in total. The Hall–Kier alpha value is -1.85. The molecular weight excluding hydrogens is 348 g/mol. The van der Waals surface area contributed by atoms with Crippen LogP contribution in [0, 0.1) is 0 Å². The third-order valence-electron chi connectivity index (χ3n) is 5.41. The molecule has 0 saturated carbocycles. The summed E-state index contributed by atoms with van der Waals surface area (Å²) in [5.41, 5.74) is 5.32. The summed E-state index contributed by atoms with van der Waals surface area (Å²) in [5, 5.41) is 11.2. The number of hydrogen-bond acceptors (Lipinski definition) is 3. The van der Waals surface area contributed by atoms with Gasteiger partial charge in [0.2, 0.25) is 0 Å². The molecule has 26 heavy (non-hydrogen) atoms. The molecule has 0 radical (unpaired) electrons. The van der Waals surface area contributed by atoms with E-state index >= 15 is 0 Å². The number of nitrogens with zero attached hydrogens (tertiary/aromatic N) is 2. The first-order valence-corrected chi connectivity index (χ1v) is 9.48. The second-order valence-electron chi connectivity index (χ2n) is 7.06. The van der Waals surface area contributed by atoms with Gasteiger partial charge in [-0.15, -0.1) is 12.4 Å². The van der Waals surface area contributed by atoms with Gasteiger partial charge in [0.25, 0.3) is 5.91 Å². The van der Waals surface area contributed by atoms with Gasteiger partial charge in [-0.05, 0) is 62.8 Å². The fourth-order valence-electron chi connectivity index (χ4n) is 3.94. The molecule has 1 fully saturated rings. The first-order chi connectivity index (χ1) is 12.3. The van der Waals surface area contributed by atoms with E-state index in [1.807, 2.05) is 4.68 Å². The summed E-state index contributed by atoms with van der Waals surface area (Å²) in [7, 11) is 0. The van der Waals surface area contributed by atoms with E-state index in [1.54, 1.807) is 0 Å². The lowest BCUT2D eigenvalue weighted by Crippen LogP contribution is -2.37. The summed E-state index contributed by atoms with van der Waals surface area (Å²) in [6.07, 6.45) is 6.40. The Balaban J connectivity index is 0.00000196. The van der Waals surface area contributed by atoms with Crippen LogP contribution in [0.1, 0.15) is 53.5 Å². The predicted molar refractivity (Wildman–Crippen MR) is 106 cm³/mol. The molecule has 1 atom stereocenters. The van der Waals surface area contributed by atoms with Crippen molar-refractivity contribution in [2.45, 2.75) is 51.5 Å². The summed E-state index contributed by atoms with van der Waals surface area (Å²) in [4.78, 5) is 12.7. The minimum Gasteiger partial charge on any atom is -0.349 e. The van der Waals surface area contributed by atoms with Crippen molar-refractivity contribution < 1.29 is 4.79 Å². The first-order valence-electron chi connectivity index (χ1n) is 9.48. The largest absolute Gasteiger partial charge is 0.349 e. The van der Waals surface area contributed by atoms with Crippen molar-refractivity contribution >= 4 is 18.3 Å². The van der Waals surface area contributed by atoms with E-state index in [0.717, 1.165) is 49.9 Å². The standard InChI is InChI=1S/C20H26N4O.ClH/c1-2-14-8-10-16(11-9-14)24-18-7-3-6-17(18)19(23-24)20(25)22-13-15-5-4-12-21-15;/h8-11,15,21H,2-7,12-13H2,1H3,(H,22,25);1H. The fraction of sp³-hybridized carbons (Fsp3) is 0.500. The second kappa shape index (κ2) is 8.23. The quantitative estimate of drug-likeness (QED) is 0.846. The van der Waals surface area contributed by atoms with Gasteiger partial charge in [0, 0.05) is 23.8 Å². The zero-order chi connectivity index (χ0) is 17.2. The molecule has 140 valence electrons. The van der Waals surface area contributed by atoms with E-state index in [9.17, 15) is 4.79 Å². The van der Waals surface area contributed by atoms with Gasteiger partial charge in [0.1, 0.15) is 0 Å². The maximum Gasteiger partial charge on any atom is 0.272 e. The number of aromatic nitrogens is 2. The van der Waals surface area contributed by atoms with Crippen LogP contribution in [-0.2, 0) is 19.3 Å². The zero-order valence-corrected chi connectivity index (χ0v) is 16.1. The maximum absolute atomic E-state index is 12.7. The van der Waals surface area contributed by atoms with Crippen LogP contribution in [0.25, 0.3) is 5.69 Å². The molecule has 1 saturated heterocycles. The lowest BCUT2D eigenvalue weighted by atomic mass is 10.1. The van der Waals surface area contributed by atoms with Crippen LogP contribution in [0.3, 0.4) is 0 Å². The molecule has 1 aliphatic carbocycles. The number of benzene rings is 1. The number of amides is 1. The van der Waals surface area contributed by atoms with E-state index in [1.165, 1.54) is 17.7 Å². The van der Waals surface area contributed by atoms with Crippen LogP contribution in [0.5, 0.6) is 0 Å². The molecule has 0 bridgehead atoms. The number of nitrogens with one attached hydrogen (secondary N) is 2. The Morgan fingerprint density at radius 3 is 2.77 bits per heavy atom. The van der Waals surface area contributed by atoms with Crippen LogP contribution < -0.4 is 10.6 Å². The third-order valence-corrected chi connectivity index (χ3v) is 5.41. The molecule has 2 aliphatic rings. The number of carbonyl (C=O) groups is 1. The molecule has 2 aromatic rings. The number of hydrogen-bond donors (Lipinski definition) is 2. The Morgan fingerprint density at radius 1 is 1.27 bits per heavy atom. The van der Waals surface area contributed by atoms with Crippen molar-refractivity contribution in [1.29, 1.82) is 0 Å². The second-order valence-corrected chi connectivity index (χ2v) is 7.06. The molecule has 1 aromatic carbocycles. The van der Waals surface area contributed by atoms with Crippen LogP contribution in [0.2, 0.25) is 0 Å². The van der Waals surface area contributed by atoms with Crippen LogP contribution in [-0.4, -0.2) is 34.8 Å². The van der Waals surface area contributed by atoms with Gasteiger partial charge in [-0.25, -0.2) is 4.68 Å². The number of halogens is 1. The van der Waals surface area contributed by atoms with Gasteiger partial charge in [0.15, 0.2) is 5.69 Å². The number of fused-ring (bicyclic) bond motifs is 1. The van der Waals surface area contributed by atoms with E-state index in [-0.39, 0.29) is 18.3 Å². The SMILES string of the molecule is CCc1ccc(-n2nc(C(=O)NCC3CCCN3)c3c2CCC3)cc1.Cl. The van der Waals surface area contributed by atoms with Gasteiger partial charge < -0.3 is 10.6 Å². The Morgan fingerprint density at radius 2 is 2.08 bits per heavy atom. The Kier molecular flexibility index (Phi) is 5.99. The first kappa shape index (κ1) is 18.9. The molecular formula is C20H27ClN4O. The molecule has 0 spiro atoms. The lowest BCUT2D eigenvalue weighted by Gasteiger charge is -2.11. The van der Waals surface area contributed by atoms with Crippen molar-refractivity contribution in [2.75, 3.05) is 13.1 Å². The Bertz CT molecular complexity index is 763. The predicted octanol–water partition coefficient (Wildman–Crippen LogP) is 2.83. The van der Waals surface area contributed by atoms with Gasteiger partial charge >= 0.3 is 0 Å². The summed E-state index contributed by atoms with van der Waals surface area (Å²) in [6.45, 7) is 3.90. The van der Waals surface area contributed by atoms with Gasteiger partial charge in [-0.2, -0.15) is 5.10 Å². The molecule has 6 heteroatoms. The average molecular weight is 375 g/mol. The highest BCUT2D eigenvalue weighted by molar-refractivity contribution is 5.94. The molecule has 2 N–H and O–H groups in total. The smallest absolute Gasteiger partial charge is 0.272 e. The van der Waals surface area contributed by atoms with E-state index in [4.69, 9.17) is 0 Å². The van der Waals surface area contributed by atoms with Crippen LogP contribution in [0.15, 0.2) is 24.3 Å². The minimum atomic E-state index is -0.0317. The van der Waals surface area contributed by atoms with Gasteiger partial charge in [-0.1, -0.05) is 19.1 Å². The van der Waals surface area contributed by atoms with E-state index in [0.29, 0.717) is 18.3 Å². The zero-order valence-electron chi connectivity index (χ0n) is 15.3. The average Bonchev–Trinajstić information content (AvgIpc) is 3.37. The molecule has 1 aliphatic heterocycles. The van der Waals surface area contributed by atoms with E-state index in [2.05, 4.69) is 46.9 Å². The lowest BCUT2D eigenvalue weighted by molar-refractivity contribution is 0.0944. The molecule has 1 unspecified atom stereocenters. The third kappa shape index (κ3) is 3.64. The topological polar surface area (TPSA) is 59.0 Å². The van der Waals surface area contributed by atoms with E-state index < -0.39 is 0 Å². The molecule has 2 heterocycles. The molecule has 1 amide bonds. The number of carbonyl (C=O) groups excluding carboxylic acids is 1. The fourth-order valence-corrected chi connectivity index (χ4v) is 3.94. The number of rotatable bonds is 5. The van der Waals surface area contributed by atoms with Gasteiger partial charge in [0.05, 0.1) is 5.69 Å². The highest BCUT2D eigenvalue weighted by Crippen LogP contribution is 2.28. The highest BCUT2D eigenvalue weighted by atomic mass is 35.5. The van der Waals surface area contributed by atoms with Crippen molar-refractivity contribution in [2.24, 2.45) is 0 Å². The van der Waals surface area contributed by atoms with Crippen LogP contribution >= 0.6 is 12.4 Å². The molecule has 4 rings (SSSR count). The van der Waals surface area contributed by atoms with Crippen molar-refractivity contribution in [3.05, 3.63) is 46.8 Å². The maximum atomic E-state index is 12.7. The highest BCUT2D eigenvalue weighted by Gasteiger charge is 2.27. The summed E-state index contributed by atoms with van der Waals surface area (Å²) in [5.74, 6) is -0.0317. The normalized spacial score (nSPS) is 18.4. The van der Waals surface area contributed by atoms with Gasteiger partial charge in [-0.3, -0.25) is 4.79 Å². The molecule has 1 aromatic heterocycles. The summed E-state index contributed by atoms with van der Waals surface area (Å²) >= 11 is 0. The van der Waals surface area contributed by atoms with Crippen molar-refractivity contribution in [3.63, 3.8) is 0 Å². The van der Waals surface area contributed by atoms with Crippen molar-refractivity contribution in [3.8, 4) is 5.69 Å². The van der Waals surface area contributed by atoms with Crippen molar-refractivity contribution in [1.82, 2.24) is 20.4 Å².